The van der Waals surface area contributed by atoms with E-state index in [1.165, 1.54) is 17.0 Å². The smallest absolute Gasteiger partial charge is 0.250 e. The zero-order valence-corrected chi connectivity index (χ0v) is 21.7. The molecule has 3 aromatic carbocycles. The summed E-state index contributed by atoms with van der Waals surface area (Å²) in [6, 6.07) is 21.1. The lowest BCUT2D eigenvalue weighted by Gasteiger charge is -2.40. The molecule has 2 amide bonds. The Morgan fingerprint density at radius 2 is 1.68 bits per heavy atom. The molecule has 4 rings (SSSR count). The van der Waals surface area contributed by atoms with E-state index in [4.69, 9.17) is 16.3 Å². The number of carbonyl (C=O) groups is 2. The standard InChI is InChI=1S/C29H31ClFN3O3/c1-20(2)26-19-33(17-16-32-26)29(36)28(21-8-10-22(31)11-9-21)34(27(35)18-30)23-12-14-25(15-13-23)37-24-6-4-3-5-7-24/h3-15,20,26,28,32H,16-19H2,1-2H3/t26?,28-/m0/s1. The van der Waals surface area contributed by atoms with Crippen LogP contribution in [-0.2, 0) is 9.59 Å². The van der Waals surface area contributed by atoms with Crippen molar-refractivity contribution in [2.45, 2.75) is 25.9 Å². The molecule has 8 heteroatoms. The topological polar surface area (TPSA) is 61.9 Å². The van der Waals surface area contributed by atoms with E-state index in [2.05, 4.69) is 19.2 Å². The van der Waals surface area contributed by atoms with Gasteiger partial charge in [0.2, 0.25) is 5.91 Å². The van der Waals surface area contributed by atoms with Crippen LogP contribution in [0.3, 0.4) is 0 Å². The van der Waals surface area contributed by atoms with E-state index < -0.39 is 17.8 Å². The maximum absolute atomic E-state index is 14.0. The zero-order valence-electron chi connectivity index (χ0n) is 20.9. The summed E-state index contributed by atoms with van der Waals surface area (Å²) in [6.45, 7) is 5.88. The first-order chi connectivity index (χ1) is 17.9. The molecule has 6 nitrogen and oxygen atoms in total. The summed E-state index contributed by atoms with van der Waals surface area (Å²) in [7, 11) is 0. The lowest BCUT2D eigenvalue weighted by atomic mass is 9.98. The first-order valence-corrected chi connectivity index (χ1v) is 12.9. The van der Waals surface area contributed by atoms with Crippen molar-refractivity contribution in [3.63, 3.8) is 0 Å². The van der Waals surface area contributed by atoms with Crippen molar-refractivity contribution in [3.05, 3.63) is 90.2 Å². The number of alkyl halides is 1. The summed E-state index contributed by atoms with van der Waals surface area (Å²) in [5.41, 5.74) is 0.999. The normalized spacial score (nSPS) is 16.4. The van der Waals surface area contributed by atoms with Gasteiger partial charge in [-0.3, -0.25) is 14.5 Å². The molecule has 1 heterocycles. The maximum Gasteiger partial charge on any atom is 0.250 e. The Kier molecular flexibility index (Phi) is 8.79. The van der Waals surface area contributed by atoms with Crippen LogP contribution in [0.15, 0.2) is 78.9 Å². The Morgan fingerprint density at radius 3 is 2.30 bits per heavy atom. The highest BCUT2D eigenvalue weighted by Gasteiger charge is 2.37. The molecular formula is C29H31ClFN3O3. The number of ether oxygens (including phenoxy) is 1. The minimum absolute atomic E-state index is 0.137. The van der Waals surface area contributed by atoms with Crippen LogP contribution >= 0.6 is 11.6 Å². The number of rotatable bonds is 8. The molecule has 0 saturated carbocycles. The predicted octanol–water partition coefficient (Wildman–Crippen LogP) is 5.39. The van der Waals surface area contributed by atoms with Crippen LogP contribution < -0.4 is 15.0 Å². The number of hydrogen-bond acceptors (Lipinski definition) is 4. The van der Waals surface area contributed by atoms with E-state index in [0.29, 0.717) is 48.3 Å². The van der Waals surface area contributed by atoms with Gasteiger partial charge in [0.1, 0.15) is 29.2 Å². The molecule has 2 atom stereocenters. The van der Waals surface area contributed by atoms with E-state index in [-0.39, 0.29) is 17.8 Å². The van der Waals surface area contributed by atoms with Gasteiger partial charge in [-0.2, -0.15) is 0 Å². The van der Waals surface area contributed by atoms with Gasteiger partial charge in [-0.25, -0.2) is 4.39 Å². The van der Waals surface area contributed by atoms with Crippen LogP contribution in [-0.4, -0.2) is 48.3 Å². The highest BCUT2D eigenvalue weighted by Crippen LogP contribution is 2.32. The molecule has 0 aromatic heterocycles. The second-order valence-electron chi connectivity index (χ2n) is 9.35. The Labute approximate surface area is 222 Å². The fourth-order valence-corrected chi connectivity index (χ4v) is 4.57. The fourth-order valence-electron chi connectivity index (χ4n) is 4.45. The van der Waals surface area contributed by atoms with Crippen LogP contribution in [0.4, 0.5) is 10.1 Å². The lowest BCUT2D eigenvalue weighted by Crippen LogP contribution is -2.57. The van der Waals surface area contributed by atoms with Crippen molar-refractivity contribution in [2.75, 3.05) is 30.4 Å². The first-order valence-electron chi connectivity index (χ1n) is 12.4. The van der Waals surface area contributed by atoms with Crippen LogP contribution in [0.1, 0.15) is 25.5 Å². The van der Waals surface area contributed by atoms with Gasteiger partial charge in [0.05, 0.1) is 0 Å². The summed E-state index contributed by atoms with van der Waals surface area (Å²) < 4.78 is 19.7. The average Bonchev–Trinajstić information content (AvgIpc) is 2.93. The van der Waals surface area contributed by atoms with E-state index in [0.717, 1.165) is 0 Å². The van der Waals surface area contributed by atoms with Gasteiger partial charge in [0, 0.05) is 31.4 Å². The zero-order chi connectivity index (χ0) is 26.4. The number of hydrogen-bond donors (Lipinski definition) is 1. The van der Waals surface area contributed by atoms with Gasteiger partial charge in [0.25, 0.3) is 5.91 Å². The number of anilines is 1. The van der Waals surface area contributed by atoms with Crippen LogP contribution in [0.5, 0.6) is 11.5 Å². The Balaban J connectivity index is 1.70. The summed E-state index contributed by atoms with van der Waals surface area (Å²) >= 11 is 6.04. The molecule has 1 aliphatic rings. The molecule has 0 spiro atoms. The third-order valence-electron chi connectivity index (χ3n) is 6.48. The summed E-state index contributed by atoms with van der Waals surface area (Å²) in [6.07, 6.45) is 0. The average molecular weight is 524 g/mol. The third kappa shape index (κ3) is 6.48. The Hall–Kier alpha value is -3.42. The highest BCUT2D eigenvalue weighted by molar-refractivity contribution is 6.29. The molecule has 1 N–H and O–H groups in total. The van der Waals surface area contributed by atoms with Gasteiger partial charge in [0.15, 0.2) is 0 Å². The van der Waals surface area contributed by atoms with Gasteiger partial charge in [-0.1, -0.05) is 44.2 Å². The molecule has 0 radical (unpaired) electrons. The number of benzene rings is 3. The van der Waals surface area contributed by atoms with Crippen molar-refractivity contribution in [2.24, 2.45) is 5.92 Å². The van der Waals surface area contributed by atoms with E-state index >= 15 is 0 Å². The van der Waals surface area contributed by atoms with Crippen molar-refractivity contribution in [3.8, 4) is 11.5 Å². The molecule has 3 aromatic rings. The van der Waals surface area contributed by atoms with Gasteiger partial charge in [-0.15, -0.1) is 11.6 Å². The Morgan fingerprint density at radius 1 is 1.03 bits per heavy atom. The molecule has 1 unspecified atom stereocenters. The first kappa shape index (κ1) is 26.6. The number of amides is 2. The van der Waals surface area contributed by atoms with Crippen molar-refractivity contribution in [1.82, 2.24) is 10.2 Å². The van der Waals surface area contributed by atoms with Crippen LogP contribution in [0.2, 0.25) is 0 Å². The third-order valence-corrected chi connectivity index (χ3v) is 6.71. The second-order valence-corrected chi connectivity index (χ2v) is 9.62. The predicted molar refractivity (Wildman–Crippen MR) is 144 cm³/mol. The number of nitrogens with one attached hydrogen (secondary N) is 1. The lowest BCUT2D eigenvalue weighted by molar-refractivity contribution is -0.135. The monoisotopic (exact) mass is 523 g/mol. The minimum atomic E-state index is -1.00. The van der Waals surface area contributed by atoms with Gasteiger partial charge in [-0.05, 0) is 60.0 Å². The minimum Gasteiger partial charge on any atom is -0.457 e. The highest BCUT2D eigenvalue weighted by atomic mass is 35.5. The fraction of sp³-hybridized carbons (Fsp3) is 0.310. The van der Waals surface area contributed by atoms with Gasteiger partial charge < -0.3 is 15.0 Å². The number of piperazine rings is 1. The number of para-hydroxylation sites is 1. The molecule has 1 saturated heterocycles. The maximum atomic E-state index is 14.0. The van der Waals surface area contributed by atoms with Crippen LogP contribution in [0.25, 0.3) is 0 Å². The number of halogens is 2. The van der Waals surface area contributed by atoms with Gasteiger partial charge >= 0.3 is 0 Å². The summed E-state index contributed by atoms with van der Waals surface area (Å²) in [5.74, 6) is 0.191. The molecule has 0 aliphatic carbocycles. The summed E-state index contributed by atoms with van der Waals surface area (Å²) in [5, 5.41) is 3.45. The summed E-state index contributed by atoms with van der Waals surface area (Å²) in [4.78, 5) is 30.5. The van der Waals surface area contributed by atoms with E-state index in [1.54, 1.807) is 41.3 Å². The molecular weight excluding hydrogens is 493 g/mol. The van der Waals surface area contributed by atoms with E-state index in [9.17, 15) is 14.0 Å². The Bertz CT molecular complexity index is 1190. The molecule has 1 aliphatic heterocycles. The SMILES string of the molecule is CC(C)C1CN(C(=O)[C@H](c2ccc(F)cc2)N(C(=O)CCl)c2ccc(Oc3ccccc3)cc2)CCN1. The van der Waals surface area contributed by atoms with E-state index in [1.807, 2.05) is 30.3 Å². The largest absolute Gasteiger partial charge is 0.457 e. The quantitative estimate of drug-likeness (QED) is 0.402. The van der Waals surface area contributed by atoms with Crippen molar-refractivity contribution in [1.29, 1.82) is 0 Å². The molecule has 0 bridgehead atoms. The molecule has 194 valence electrons. The molecule has 1 fully saturated rings. The second kappa shape index (κ2) is 12.2. The number of nitrogens with zero attached hydrogens (tertiary/aromatic N) is 2. The van der Waals surface area contributed by atoms with Crippen molar-refractivity contribution >= 4 is 29.1 Å². The number of carbonyl (C=O) groups excluding carboxylic acids is 2. The van der Waals surface area contributed by atoms with Crippen molar-refractivity contribution < 1.29 is 18.7 Å². The molecule has 37 heavy (non-hydrogen) atoms. The van der Waals surface area contributed by atoms with Crippen LogP contribution in [0, 0.1) is 11.7 Å².